The van der Waals surface area contributed by atoms with Gasteiger partial charge in [-0.15, -0.1) is 0 Å². The van der Waals surface area contributed by atoms with Crippen molar-refractivity contribution in [2.75, 3.05) is 5.75 Å². The van der Waals surface area contributed by atoms with E-state index in [2.05, 4.69) is 9.97 Å². The molecule has 84 valence electrons. The molecule has 1 aromatic heterocycles. The fourth-order valence-electron chi connectivity index (χ4n) is 0.848. The average Bonchev–Trinajstić information content (AvgIpc) is 2.12. The van der Waals surface area contributed by atoms with E-state index in [1.165, 1.54) is 0 Å². The van der Waals surface area contributed by atoms with Crippen LogP contribution in [0.5, 0.6) is 0 Å². The van der Waals surface area contributed by atoms with E-state index >= 15 is 0 Å². The summed E-state index contributed by atoms with van der Waals surface area (Å²) >= 11 is 1.10. The molecule has 0 aromatic carbocycles. The third-order valence-electron chi connectivity index (χ3n) is 1.45. The minimum absolute atomic E-state index is 0.0108. The number of thioether (sulfide) groups is 1. The minimum atomic E-state index is -4.57. The maximum absolute atomic E-state index is 12.2. The Balaban J connectivity index is 3.01. The van der Waals surface area contributed by atoms with Crippen LogP contribution < -0.4 is 5.56 Å². The predicted molar refractivity (Wildman–Crippen MR) is 50.9 cm³/mol. The van der Waals surface area contributed by atoms with Gasteiger partial charge in [0.05, 0.1) is 0 Å². The van der Waals surface area contributed by atoms with Crippen LogP contribution in [0.1, 0.15) is 19.0 Å². The van der Waals surface area contributed by atoms with Crippen LogP contribution in [0.15, 0.2) is 16.0 Å². The van der Waals surface area contributed by atoms with Crippen molar-refractivity contribution < 1.29 is 13.2 Å². The monoisotopic (exact) mass is 238 g/mol. The van der Waals surface area contributed by atoms with Crippen molar-refractivity contribution in [1.29, 1.82) is 0 Å². The van der Waals surface area contributed by atoms with Gasteiger partial charge in [-0.25, -0.2) is 4.98 Å². The third-order valence-corrected chi connectivity index (χ3v) is 2.53. The largest absolute Gasteiger partial charge is 0.433 e. The molecular weight excluding hydrogens is 229 g/mol. The fraction of sp³-hybridized carbons (Fsp3) is 0.500. The normalized spacial score (nSPS) is 11.7. The van der Waals surface area contributed by atoms with Crippen molar-refractivity contribution in [1.82, 2.24) is 9.97 Å². The van der Waals surface area contributed by atoms with Gasteiger partial charge in [-0.05, 0) is 6.42 Å². The summed E-state index contributed by atoms with van der Waals surface area (Å²) in [5.41, 5.74) is -1.93. The van der Waals surface area contributed by atoms with Gasteiger partial charge < -0.3 is 4.98 Å². The van der Waals surface area contributed by atoms with Crippen LogP contribution in [-0.2, 0) is 6.18 Å². The van der Waals surface area contributed by atoms with E-state index in [1.54, 1.807) is 0 Å². The lowest BCUT2D eigenvalue weighted by Crippen LogP contribution is -2.16. The van der Waals surface area contributed by atoms with E-state index in [9.17, 15) is 18.0 Å². The number of alkyl halides is 3. The molecule has 1 rings (SSSR count). The second kappa shape index (κ2) is 4.69. The van der Waals surface area contributed by atoms with Crippen LogP contribution in [0, 0.1) is 0 Å². The van der Waals surface area contributed by atoms with E-state index in [-0.39, 0.29) is 5.16 Å². The minimum Gasteiger partial charge on any atom is -0.301 e. The molecule has 0 atom stereocenters. The Bertz CT molecular complexity index is 388. The zero-order valence-corrected chi connectivity index (χ0v) is 8.71. The highest BCUT2D eigenvalue weighted by Crippen LogP contribution is 2.27. The molecule has 0 aliphatic carbocycles. The van der Waals surface area contributed by atoms with Crippen molar-refractivity contribution in [3.05, 3.63) is 22.1 Å². The van der Waals surface area contributed by atoms with Crippen LogP contribution in [0.3, 0.4) is 0 Å². The molecule has 0 unspecified atom stereocenters. The Morgan fingerprint density at radius 2 is 2.20 bits per heavy atom. The SMILES string of the molecule is CCCSc1nc(C(F)(F)F)cc(=O)[nH]1. The lowest BCUT2D eigenvalue weighted by Gasteiger charge is -2.06. The molecule has 1 aromatic rings. The van der Waals surface area contributed by atoms with Crippen molar-refractivity contribution in [3.63, 3.8) is 0 Å². The molecule has 7 heteroatoms. The van der Waals surface area contributed by atoms with E-state index in [4.69, 9.17) is 0 Å². The van der Waals surface area contributed by atoms with Gasteiger partial charge in [0.15, 0.2) is 10.9 Å². The standard InChI is InChI=1S/C8H9F3N2OS/c1-2-3-15-7-12-5(8(9,10)11)4-6(14)13-7/h4H,2-3H2,1H3,(H,12,13,14). The first-order valence-corrected chi connectivity index (χ1v) is 5.23. The Labute approximate surface area is 88.1 Å². The Hall–Kier alpha value is -0.980. The molecular formula is C8H9F3N2OS. The topological polar surface area (TPSA) is 45.8 Å². The molecule has 0 bridgehead atoms. The van der Waals surface area contributed by atoms with Gasteiger partial charge in [-0.3, -0.25) is 4.79 Å². The Morgan fingerprint density at radius 1 is 1.53 bits per heavy atom. The molecule has 0 aliphatic rings. The zero-order chi connectivity index (χ0) is 11.5. The van der Waals surface area contributed by atoms with Crippen LogP contribution in [-0.4, -0.2) is 15.7 Å². The summed E-state index contributed by atoms with van der Waals surface area (Å²) in [5, 5.41) is 0.0108. The second-order valence-electron chi connectivity index (χ2n) is 2.78. The molecule has 0 saturated carbocycles. The number of hydrogen-bond donors (Lipinski definition) is 1. The number of rotatable bonds is 3. The molecule has 0 aliphatic heterocycles. The highest BCUT2D eigenvalue weighted by Gasteiger charge is 2.33. The molecule has 0 fully saturated rings. The van der Waals surface area contributed by atoms with Crippen molar-refractivity contribution in [3.8, 4) is 0 Å². The summed E-state index contributed by atoms with van der Waals surface area (Å²) in [6.07, 6.45) is -3.78. The lowest BCUT2D eigenvalue weighted by molar-refractivity contribution is -0.141. The van der Waals surface area contributed by atoms with Crippen molar-refractivity contribution in [2.24, 2.45) is 0 Å². The molecule has 0 radical (unpaired) electrons. The highest BCUT2D eigenvalue weighted by molar-refractivity contribution is 7.99. The third kappa shape index (κ3) is 3.58. The predicted octanol–water partition coefficient (Wildman–Crippen LogP) is 2.29. The summed E-state index contributed by atoms with van der Waals surface area (Å²) in [7, 11) is 0. The molecule has 1 N–H and O–H groups in total. The number of nitrogens with zero attached hydrogens (tertiary/aromatic N) is 1. The molecule has 0 amide bonds. The van der Waals surface area contributed by atoms with Crippen LogP contribution in [0.25, 0.3) is 0 Å². The summed E-state index contributed by atoms with van der Waals surface area (Å²) in [4.78, 5) is 16.5. The van der Waals surface area contributed by atoms with Gasteiger partial charge in [-0.1, -0.05) is 18.7 Å². The van der Waals surface area contributed by atoms with Gasteiger partial charge in [-0.2, -0.15) is 13.2 Å². The quantitative estimate of drug-likeness (QED) is 0.649. The zero-order valence-electron chi connectivity index (χ0n) is 7.89. The molecule has 15 heavy (non-hydrogen) atoms. The molecule has 0 spiro atoms. The van der Waals surface area contributed by atoms with Crippen LogP contribution in [0.2, 0.25) is 0 Å². The smallest absolute Gasteiger partial charge is 0.301 e. The first-order valence-electron chi connectivity index (χ1n) is 4.25. The number of hydrogen-bond acceptors (Lipinski definition) is 3. The van der Waals surface area contributed by atoms with Gasteiger partial charge in [0, 0.05) is 11.8 Å². The van der Waals surface area contributed by atoms with Crippen molar-refractivity contribution in [2.45, 2.75) is 24.7 Å². The first-order chi connectivity index (χ1) is 6.93. The van der Waals surface area contributed by atoms with Crippen molar-refractivity contribution >= 4 is 11.8 Å². The van der Waals surface area contributed by atoms with E-state index < -0.39 is 17.4 Å². The first kappa shape index (κ1) is 12.1. The maximum Gasteiger partial charge on any atom is 0.433 e. The summed E-state index contributed by atoms with van der Waals surface area (Å²) in [6.45, 7) is 1.89. The van der Waals surface area contributed by atoms with E-state index in [0.717, 1.165) is 18.2 Å². The highest BCUT2D eigenvalue weighted by atomic mass is 32.2. The molecule has 3 nitrogen and oxygen atoms in total. The van der Waals surface area contributed by atoms with Gasteiger partial charge in [0.1, 0.15) is 0 Å². The fourth-order valence-corrected chi connectivity index (χ4v) is 1.58. The summed E-state index contributed by atoms with van der Waals surface area (Å²) < 4.78 is 36.7. The van der Waals surface area contributed by atoms with Gasteiger partial charge in [0.2, 0.25) is 0 Å². The lowest BCUT2D eigenvalue weighted by atomic mass is 10.4. The number of H-pyrrole nitrogens is 1. The molecule has 1 heterocycles. The summed E-state index contributed by atoms with van der Waals surface area (Å²) in [6, 6.07) is 0.454. The molecule has 0 saturated heterocycles. The summed E-state index contributed by atoms with van der Waals surface area (Å²) in [5.74, 6) is 0.615. The van der Waals surface area contributed by atoms with Crippen LogP contribution in [0.4, 0.5) is 13.2 Å². The van der Waals surface area contributed by atoms with E-state index in [1.807, 2.05) is 6.92 Å². The Morgan fingerprint density at radius 3 is 2.73 bits per heavy atom. The maximum atomic E-state index is 12.2. The van der Waals surface area contributed by atoms with Gasteiger partial charge in [0.25, 0.3) is 5.56 Å². The average molecular weight is 238 g/mol. The number of aromatic amines is 1. The number of aromatic nitrogens is 2. The van der Waals surface area contributed by atoms with E-state index in [0.29, 0.717) is 11.8 Å². The van der Waals surface area contributed by atoms with Gasteiger partial charge >= 0.3 is 6.18 Å². The number of nitrogens with one attached hydrogen (secondary N) is 1. The van der Waals surface area contributed by atoms with Crippen LogP contribution >= 0.6 is 11.8 Å². The second-order valence-corrected chi connectivity index (χ2v) is 3.87. The Kier molecular flexibility index (Phi) is 3.78. The number of halogens is 3.